The van der Waals surface area contributed by atoms with Gasteiger partial charge in [-0.05, 0) is 30.7 Å². The van der Waals surface area contributed by atoms with Gasteiger partial charge in [-0.1, -0.05) is 18.2 Å². The summed E-state index contributed by atoms with van der Waals surface area (Å²) in [6, 6.07) is 12.4. The number of aliphatic hydroxyl groups is 1. The van der Waals surface area contributed by atoms with Crippen LogP contribution in [0.15, 0.2) is 53.5 Å². The third-order valence-corrected chi connectivity index (χ3v) is 2.84. The maximum Gasteiger partial charge on any atom is 0.250 e. The lowest BCUT2D eigenvalue weighted by Crippen LogP contribution is -2.21. The van der Waals surface area contributed by atoms with Crippen molar-refractivity contribution in [3.8, 4) is 5.75 Å². The molecule has 0 spiro atoms. The van der Waals surface area contributed by atoms with Gasteiger partial charge >= 0.3 is 0 Å². The van der Waals surface area contributed by atoms with Crippen LogP contribution in [0, 0.1) is 0 Å². The second-order valence-electron chi connectivity index (χ2n) is 4.33. The largest absolute Gasteiger partial charge is 0.492 e. The number of hydrogen-bond acceptors (Lipinski definition) is 3. The minimum Gasteiger partial charge on any atom is -0.492 e. The standard InChI is InChI=1S/C15H17NO3/c1-12(17)13-5-4-6-14(11-13)19-10-9-16-8-3-2-7-15(16)18/h2-8,11-12,17H,9-10H2,1H3/t12-/m0/s1. The SMILES string of the molecule is C[C@H](O)c1cccc(OCCn2ccccc2=O)c1. The number of pyridine rings is 1. The van der Waals surface area contributed by atoms with Crippen LogP contribution in [-0.4, -0.2) is 16.3 Å². The minimum atomic E-state index is -0.514. The molecule has 1 atom stereocenters. The maximum absolute atomic E-state index is 11.5. The lowest BCUT2D eigenvalue weighted by atomic mass is 10.1. The summed E-state index contributed by atoms with van der Waals surface area (Å²) in [6.45, 7) is 2.62. The van der Waals surface area contributed by atoms with E-state index in [-0.39, 0.29) is 5.56 Å². The van der Waals surface area contributed by atoms with Crippen LogP contribution in [0.4, 0.5) is 0 Å². The van der Waals surface area contributed by atoms with Crippen molar-refractivity contribution in [1.29, 1.82) is 0 Å². The fourth-order valence-corrected chi connectivity index (χ4v) is 1.77. The van der Waals surface area contributed by atoms with Gasteiger partial charge in [0.2, 0.25) is 0 Å². The number of aliphatic hydroxyl groups excluding tert-OH is 1. The van der Waals surface area contributed by atoms with Crippen LogP contribution >= 0.6 is 0 Å². The monoisotopic (exact) mass is 259 g/mol. The van der Waals surface area contributed by atoms with E-state index in [2.05, 4.69) is 0 Å². The second-order valence-corrected chi connectivity index (χ2v) is 4.33. The third-order valence-electron chi connectivity index (χ3n) is 2.84. The van der Waals surface area contributed by atoms with Crippen molar-refractivity contribution >= 4 is 0 Å². The first kappa shape index (κ1) is 13.4. The zero-order valence-corrected chi connectivity index (χ0v) is 10.8. The first-order chi connectivity index (χ1) is 9.16. The van der Waals surface area contributed by atoms with E-state index in [1.807, 2.05) is 24.3 Å². The van der Waals surface area contributed by atoms with Crippen molar-refractivity contribution in [3.63, 3.8) is 0 Å². The van der Waals surface area contributed by atoms with Gasteiger partial charge in [0.1, 0.15) is 12.4 Å². The molecule has 2 rings (SSSR count). The minimum absolute atomic E-state index is 0.0381. The first-order valence-corrected chi connectivity index (χ1v) is 6.23. The molecule has 0 unspecified atom stereocenters. The molecule has 4 heteroatoms. The Hall–Kier alpha value is -2.07. The molecule has 0 fully saturated rings. The highest BCUT2D eigenvalue weighted by Crippen LogP contribution is 2.18. The first-order valence-electron chi connectivity index (χ1n) is 6.23. The maximum atomic E-state index is 11.5. The number of nitrogens with zero attached hydrogens (tertiary/aromatic N) is 1. The molecule has 4 nitrogen and oxygen atoms in total. The Morgan fingerprint density at radius 1 is 1.26 bits per heavy atom. The highest BCUT2D eigenvalue weighted by atomic mass is 16.5. The second kappa shape index (κ2) is 6.20. The molecule has 0 radical (unpaired) electrons. The van der Waals surface area contributed by atoms with Gasteiger partial charge in [-0.2, -0.15) is 0 Å². The summed E-state index contributed by atoms with van der Waals surface area (Å²) in [5.74, 6) is 0.697. The van der Waals surface area contributed by atoms with Crippen LogP contribution in [-0.2, 0) is 6.54 Å². The molecule has 0 aliphatic heterocycles. The van der Waals surface area contributed by atoms with Gasteiger partial charge in [-0.3, -0.25) is 4.79 Å². The van der Waals surface area contributed by atoms with E-state index in [9.17, 15) is 9.90 Å². The summed E-state index contributed by atoms with van der Waals surface area (Å²) in [4.78, 5) is 11.5. The molecular weight excluding hydrogens is 242 g/mol. The summed E-state index contributed by atoms with van der Waals surface area (Å²) in [6.07, 6.45) is 1.22. The van der Waals surface area contributed by atoms with Crippen molar-refractivity contribution in [2.24, 2.45) is 0 Å². The Bertz CT molecular complexity index is 590. The number of ether oxygens (including phenoxy) is 1. The topological polar surface area (TPSA) is 51.5 Å². The fraction of sp³-hybridized carbons (Fsp3) is 0.267. The lowest BCUT2D eigenvalue weighted by molar-refractivity contribution is 0.198. The quantitative estimate of drug-likeness (QED) is 0.893. The van der Waals surface area contributed by atoms with Crippen LogP contribution < -0.4 is 10.3 Å². The van der Waals surface area contributed by atoms with Gasteiger partial charge in [0, 0.05) is 12.3 Å². The molecule has 0 bridgehead atoms. The number of rotatable bonds is 5. The van der Waals surface area contributed by atoms with Gasteiger partial charge in [0.15, 0.2) is 0 Å². The molecule has 1 heterocycles. The summed E-state index contributed by atoms with van der Waals surface area (Å²) in [7, 11) is 0. The Kier molecular flexibility index (Phi) is 4.36. The molecule has 0 saturated carbocycles. The van der Waals surface area contributed by atoms with Crippen LogP contribution in [0.3, 0.4) is 0 Å². The lowest BCUT2D eigenvalue weighted by Gasteiger charge is -2.10. The highest BCUT2D eigenvalue weighted by Gasteiger charge is 2.02. The predicted octanol–water partition coefficient (Wildman–Crippen LogP) is 1.98. The predicted molar refractivity (Wildman–Crippen MR) is 73.3 cm³/mol. The van der Waals surface area contributed by atoms with E-state index < -0.39 is 6.10 Å². The van der Waals surface area contributed by atoms with E-state index >= 15 is 0 Å². The third kappa shape index (κ3) is 3.69. The Balaban J connectivity index is 1.94. The molecule has 0 aliphatic carbocycles. The van der Waals surface area contributed by atoms with Crippen molar-refractivity contribution in [2.45, 2.75) is 19.6 Å². The Morgan fingerprint density at radius 2 is 2.11 bits per heavy atom. The summed E-state index contributed by atoms with van der Waals surface area (Å²) < 4.78 is 7.18. The van der Waals surface area contributed by atoms with Gasteiger partial charge in [0.05, 0.1) is 12.6 Å². The van der Waals surface area contributed by atoms with Gasteiger partial charge in [-0.25, -0.2) is 0 Å². The molecular formula is C15H17NO3. The molecule has 100 valence electrons. The molecule has 0 amide bonds. The van der Waals surface area contributed by atoms with E-state index in [0.717, 1.165) is 5.56 Å². The number of aromatic nitrogens is 1. The average Bonchev–Trinajstić information content (AvgIpc) is 2.41. The van der Waals surface area contributed by atoms with Crippen molar-refractivity contribution in [1.82, 2.24) is 4.57 Å². The van der Waals surface area contributed by atoms with Crippen molar-refractivity contribution in [2.75, 3.05) is 6.61 Å². The normalized spacial score (nSPS) is 12.1. The summed E-state index contributed by atoms with van der Waals surface area (Å²) in [5.41, 5.74) is 0.776. The molecule has 1 aromatic heterocycles. The van der Waals surface area contributed by atoms with E-state index in [1.165, 1.54) is 6.07 Å². The Labute approximate surface area is 111 Å². The van der Waals surface area contributed by atoms with E-state index in [0.29, 0.717) is 18.9 Å². The molecule has 0 saturated heterocycles. The van der Waals surface area contributed by atoms with E-state index in [4.69, 9.17) is 4.74 Å². The van der Waals surface area contributed by atoms with Crippen LogP contribution in [0.2, 0.25) is 0 Å². The summed E-state index contributed by atoms with van der Waals surface area (Å²) in [5, 5.41) is 9.49. The van der Waals surface area contributed by atoms with E-state index in [1.54, 1.807) is 29.8 Å². The number of hydrogen-bond donors (Lipinski definition) is 1. The molecule has 1 N–H and O–H groups in total. The van der Waals surface area contributed by atoms with Gasteiger partial charge in [-0.15, -0.1) is 0 Å². The van der Waals surface area contributed by atoms with Crippen molar-refractivity contribution < 1.29 is 9.84 Å². The average molecular weight is 259 g/mol. The smallest absolute Gasteiger partial charge is 0.250 e. The zero-order valence-electron chi connectivity index (χ0n) is 10.8. The molecule has 2 aromatic rings. The summed E-state index contributed by atoms with van der Waals surface area (Å²) >= 11 is 0. The molecule has 19 heavy (non-hydrogen) atoms. The van der Waals surface area contributed by atoms with Crippen molar-refractivity contribution in [3.05, 3.63) is 64.6 Å². The Morgan fingerprint density at radius 3 is 2.84 bits per heavy atom. The molecule has 1 aromatic carbocycles. The van der Waals surface area contributed by atoms with Crippen LogP contribution in [0.1, 0.15) is 18.6 Å². The number of benzene rings is 1. The zero-order chi connectivity index (χ0) is 13.7. The van der Waals surface area contributed by atoms with Crippen LogP contribution in [0.5, 0.6) is 5.75 Å². The van der Waals surface area contributed by atoms with Gasteiger partial charge < -0.3 is 14.4 Å². The van der Waals surface area contributed by atoms with Gasteiger partial charge in [0.25, 0.3) is 5.56 Å². The molecule has 0 aliphatic rings. The fourth-order valence-electron chi connectivity index (χ4n) is 1.77. The van der Waals surface area contributed by atoms with Crippen LogP contribution in [0.25, 0.3) is 0 Å². The highest BCUT2D eigenvalue weighted by molar-refractivity contribution is 5.29.